The van der Waals surface area contributed by atoms with Crippen LogP contribution in [0, 0.1) is 5.41 Å². The first-order chi connectivity index (χ1) is 25.3. The van der Waals surface area contributed by atoms with E-state index >= 15 is 0 Å². The Balaban J connectivity index is 1.24. The zero-order chi connectivity index (χ0) is 37.8. The number of rotatable bonds is 13. The number of alkyl halides is 6. The number of nitrogens with zero attached hydrogens (tertiary/aromatic N) is 5. The van der Waals surface area contributed by atoms with Gasteiger partial charge in [0.2, 0.25) is 11.9 Å². The van der Waals surface area contributed by atoms with Crippen LogP contribution in [0.1, 0.15) is 48.4 Å². The van der Waals surface area contributed by atoms with Gasteiger partial charge in [-0.3, -0.25) is 4.79 Å². The normalized spacial score (nSPS) is 19.0. The third kappa shape index (κ3) is 8.75. The van der Waals surface area contributed by atoms with Crippen LogP contribution >= 0.6 is 0 Å². The van der Waals surface area contributed by atoms with E-state index in [1.807, 2.05) is 49.4 Å². The molecule has 3 heterocycles. The molecule has 0 radical (unpaired) electrons. The van der Waals surface area contributed by atoms with E-state index in [2.05, 4.69) is 14.4 Å². The predicted octanol–water partition coefficient (Wildman–Crippen LogP) is 7.68. The maximum absolute atomic E-state index is 14.4. The Hall–Kier alpha value is -4.30. The summed E-state index contributed by atoms with van der Waals surface area (Å²) in [7, 11) is 1.53. The van der Waals surface area contributed by atoms with E-state index in [-0.39, 0.29) is 36.9 Å². The molecule has 2 fully saturated rings. The van der Waals surface area contributed by atoms with E-state index in [0.29, 0.717) is 64.7 Å². The molecule has 2 aliphatic rings. The summed E-state index contributed by atoms with van der Waals surface area (Å²) in [5.74, 6) is 1.16. The van der Waals surface area contributed by atoms with Gasteiger partial charge in [-0.2, -0.15) is 26.3 Å². The lowest BCUT2D eigenvalue weighted by atomic mass is 9.76. The Kier molecular flexibility index (Phi) is 11.6. The second kappa shape index (κ2) is 16.0. The fourth-order valence-corrected chi connectivity index (χ4v) is 7.67. The number of anilines is 1. The van der Waals surface area contributed by atoms with Crippen LogP contribution in [-0.4, -0.2) is 84.9 Å². The highest BCUT2D eigenvalue weighted by Crippen LogP contribution is 2.43. The zero-order valence-electron chi connectivity index (χ0n) is 30.0. The number of halogens is 6. The van der Waals surface area contributed by atoms with Gasteiger partial charge in [-0.15, -0.1) is 0 Å². The number of ether oxygens (including phenoxy) is 2. The number of carbonyl (C=O) groups is 1. The number of para-hydroxylation sites is 3. The van der Waals surface area contributed by atoms with Crippen molar-refractivity contribution in [1.82, 2.24) is 19.4 Å². The Morgan fingerprint density at radius 3 is 2.28 bits per heavy atom. The number of imidazole rings is 1. The predicted molar refractivity (Wildman–Crippen MR) is 190 cm³/mol. The van der Waals surface area contributed by atoms with Gasteiger partial charge in [0.25, 0.3) is 0 Å². The van der Waals surface area contributed by atoms with E-state index in [1.165, 1.54) is 7.11 Å². The van der Waals surface area contributed by atoms with Crippen LogP contribution in [0.15, 0.2) is 66.7 Å². The summed E-state index contributed by atoms with van der Waals surface area (Å²) in [5, 5.41) is 0. The van der Waals surface area contributed by atoms with Crippen molar-refractivity contribution in [3.63, 3.8) is 0 Å². The van der Waals surface area contributed by atoms with E-state index < -0.39 is 28.9 Å². The number of benzene rings is 3. The lowest BCUT2D eigenvalue weighted by Gasteiger charge is -2.32. The monoisotopic (exact) mass is 745 g/mol. The molecule has 53 heavy (non-hydrogen) atoms. The summed E-state index contributed by atoms with van der Waals surface area (Å²) >= 11 is 0. The van der Waals surface area contributed by atoms with Crippen LogP contribution in [0.25, 0.3) is 11.0 Å². The van der Waals surface area contributed by atoms with Gasteiger partial charge >= 0.3 is 12.4 Å². The summed E-state index contributed by atoms with van der Waals surface area (Å²) in [5.41, 5.74) is -1.45. The summed E-state index contributed by atoms with van der Waals surface area (Å²) in [6, 6.07) is 16.9. The smallest absolute Gasteiger partial charge is 0.416 e. The molecule has 8 nitrogen and oxygen atoms in total. The Labute approximate surface area is 305 Å². The number of methoxy groups -OCH3 is 1. The third-order valence-electron chi connectivity index (χ3n) is 10.4. The molecule has 1 atom stereocenters. The van der Waals surface area contributed by atoms with Gasteiger partial charge in [0.05, 0.1) is 41.3 Å². The van der Waals surface area contributed by atoms with Crippen molar-refractivity contribution >= 4 is 22.9 Å². The molecule has 1 unspecified atom stereocenters. The molecule has 286 valence electrons. The van der Waals surface area contributed by atoms with Gasteiger partial charge in [-0.25, -0.2) is 4.98 Å². The molecule has 1 amide bonds. The average Bonchev–Trinajstić information content (AvgIpc) is 3.52. The van der Waals surface area contributed by atoms with Gasteiger partial charge in [0.1, 0.15) is 5.75 Å². The quantitative estimate of drug-likeness (QED) is 0.103. The number of hydrogen-bond donors (Lipinski definition) is 0. The van der Waals surface area contributed by atoms with Crippen molar-refractivity contribution in [2.75, 3.05) is 64.5 Å². The van der Waals surface area contributed by atoms with E-state index in [1.54, 1.807) is 11.0 Å². The third-order valence-corrected chi connectivity index (χ3v) is 10.4. The van der Waals surface area contributed by atoms with Crippen LogP contribution in [-0.2, 0) is 41.4 Å². The number of fused-ring (bicyclic) bond motifs is 1. The summed E-state index contributed by atoms with van der Waals surface area (Å²) < 4.78 is 96.5. The molecule has 0 spiro atoms. The number of aromatic nitrogens is 2. The number of likely N-dealkylation sites (tertiary alicyclic amines) is 1. The molecule has 3 aromatic carbocycles. The van der Waals surface area contributed by atoms with Gasteiger partial charge in [0.15, 0.2) is 0 Å². The van der Waals surface area contributed by atoms with Crippen LogP contribution in [0.2, 0.25) is 0 Å². The lowest BCUT2D eigenvalue weighted by Crippen LogP contribution is -2.40. The molecule has 2 aliphatic heterocycles. The Morgan fingerprint density at radius 2 is 1.57 bits per heavy atom. The van der Waals surface area contributed by atoms with Crippen LogP contribution in [0.3, 0.4) is 0 Å². The molecule has 4 aromatic rings. The second-order valence-electron chi connectivity index (χ2n) is 13.8. The van der Waals surface area contributed by atoms with E-state index in [9.17, 15) is 31.1 Å². The Morgan fingerprint density at radius 1 is 0.849 bits per heavy atom. The molecule has 1 aromatic heterocycles. The summed E-state index contributed by atoms with van der Waals surface area (Å²) in [4.78, 5) is 25.5. The van der Waals surface area contributed by atoms with Crippen LogP contribution < -0.4 is 9.64 Å². The SMILES string of the molecule is CCOCCn1c(N2CCCN(CCC3(Cc4cc(C(F)(F)F)cc(C(F)(F)F)c4)CCN(Cc4ccccc4OC)C3=O)CC2)nc2ccccc21. The average molecular weight is 746 g/mol. The first kappa shape index (κ1) is 38.4. The standard InChI is InChI=1S/C39H45F6N5O3/c1-3-53-22-21-50-33-11-6-5-10-32(33)46-36(50)48-16-8-15-47(19-20-48)17-13-37(14-18-49(35(37)51)27-29-9-4-7-12-34(29)52-2)26-28-23-30(38(40,41)42)25-31(24-28)39(43,44)45/h4-7,9-12,23-25H,3,8,13-22,26-27H2,1-2H3. The van der Waals surface area contributed by atoms with Crippen molar-refractivity contribution in [3.05, 3.63) is 89.0 Å². The van der Waals surface area contributed by atoms with Crippen LogP contribution in [0.4, 0.5) is 32.3 Å². The van der Waals surface area contributed by atoms with E-state index in [0.717, 1.165) is 47.6 Å². The molecule has 0 bridgehead atoms. The Bertz CT molecular complexity index is 1850. The van der Waals surface area contributed by atoms with Gasteiger partial charge in [-0.1, -0.05) is 30.3 Å². The molecule has 0 N–H and O–H groups in total. The second-order valence-corrected chi connectivity index (χ2v) is 13.8. The number of amides is 1. The molecular weight excluding hydrogens is 700 g/mol. The number of carbonyl (C=O) groups excluding carboxylic acids is 1. The minimum Gasteiger partial charge on any atom is -0.496 e. The minimum atomic E-state index is -4.99. The largest absolute Gasteiger partial charge is 0.496 e. The highest BCUT2D eigenvalue weighted by molar-refractivity contribution is 5.85. The van der Waals surface area contributed by atoms with Crippen molar-refractivity contribution in [2.45, 2.75) is 58.0 Å². The molecule has 6 rings (SSSR count). The summed E-state index contributed by atoms with van der Waals surface area (Å²) in [6.45, 7) is 7.49. The molecule has 0 saturated carbocycles. The van der Waals surface area contributed by atoms with Gasteiger partial charge in [-0.05, 0) is 87.7 Å². The van der Waals surface area contributed by atoms with Crippen molar-refractivity contribution in [1.29, 1.82) is 0 Å². The van der Waals surface area contributed by atoms with Gasteiger partial charge in [0, 0.05) is 51.4 Å². The summed E-state index contributed by atoms with van der Waals surface area (Å²) in [6.07, 6.45) is -8.84. The van der Waals surface area contributed by atoms with Crippen LogP contribution in [0.5, 0.6) is 5.75 Å². The highest BCUT2D eigenvalue weighted by atomic mass is 19.4. The zero-order valence-corrected chi connectivity index (χ0v) is 30.0. The first-order valence-electron chi connectivity index (χ1n) is 18.0. The molecule has 14 heteroatoms. The number of hydrogen-bond acceptors (Lipinski definition) is 6. The maximum Gasteiger partial charge on any atom is 0.416 e. The fraction of sp³-hybridized carbons (Fsp3) is 0.487. The first-order valence-corrected chi connectivity index (χ1v) is 18.0. The van der Waals surface area contributed by atoms with Crippen molar-refractivity contribution in [3.8, 4) is 5.75 Å². The molecule has 0 aliphatic carbocycles. The highest BCUT2D eigenvalue weighted by Gasteiger charge is 2.47. The minimum absolute atomic E-state index is 0.134. The topological polar surface area (TPSA) is 63.1 Å². The van der Waals surface area contributed by atoms with Gasteiger partial charge < -0.3 is 28.7 Å². The van der Waals surface area contributed by atoms with E-state index in [4.69, 9.17) is 14.5 Å². The fourth-order valence-electron chi connectivity index (χ4n) is 7.67. The lowest BCUT2D eigenvalue weighted by molar-refractivity contribution is -0.143. The van der Waals surface area contributed by atoms with Crippen molar-refractivity contribution < 1.29 is 40.6 Å². The maximum atomic E-state index is 14.4. The van der Waals surface area contributed by atoms with Crippen molar-refractivity contribution in [2.24, 2.45) is 5.41 Å². The molecular formula is C39H45F6N5O3. The molecule has 2 saturated heterocycles.